The van der Waals surface area contributed by atoms with Crippen LogP contribution in [0, 0.1) is 0 Å². The van der Waals surface area contributed by atoms with Crippen LogP contribution in [-0.4, -0.2) is 29.0 Å². The summed E-state index contributed by atoms with van der Waals surface area (Å²) in [7, 11) is 3.90. The molecule has 0 aliphatic rings. The normalized spacial score (nSPS) is 11.3. The highest BCUT2D eigenvalue weighted by atomic mass is 15.2. The predicted molar refractivity (Wildman–Crippen MR) is 86.6 cm³/mol. The molecule has 2 rings (SSSR count). The van der Waals surface area contributed by atoms with Crippen LogP contribution in [0.3, 0.4) is 0 Å². The SMILES string of the molecule is CNc1cc(N(C)Cc2cccnc2)nc(C(C)(C)C)n1. The van der Waals surface area contributed by atoms with Gasteiger partial charge < -0.3 is 10.2 Å². The number of pyridine rings is 1. The van der Waals surface area contributed by atoms with Crippen LogP contribution in [0.4, 0.5) is 11.6 Å². The topological polar surface area (TPSA) is 53.9 Å². The van der Waals surface area contributed by atoms with Crippen molar-refractivity contribution in [2.24, 2.45) is 0 Å². The summed E-state index contributed by atoms with van der Waals surface area (Å²) >= 11 is 0. The molecular formula is C16H23N5. The Labute approximate surface area is 126 Å². The van der Waals surface area contributed by atoms with E-state index in [0.29, 0.717) is 0 Å². The van der Waals surface area contributed by atoms with Gasteiger partial charge in [0, 0.05) is 44.5 Å². The third-order valence-corrected chi connectivity index (χ3v) is 3.17. The molecule has 1 N–H and O–H groups in total. The number of hydrogen-bond acceptors (Lipinski definition) is 5. The van der Waals surface area contributed by atoms with Crippen LogP contribution >= 0.6 is 0 Å². The van der Waals surface area contributed by atoms with Gasteiger partial charge in [-0.25, -0.2) is 9.97 Å². The summed E-state index contributed by atoms with van der Waals surface area (Å²) in [6.07, 6.45) is 3.66. The molecule has 0 spiro atoms. The van der Waals surface area contributed by atoms with E-state index in [2.05, 4.69) is 47.0 Å². The number of nitrogens with one attached hydrogen (secondary N) is 1. The van der Waals surface area contributed by atoms with E-state index in [1.165, 1.54) is 0 Å². The largest absolute Gasteiger partial charge is 0.373 e. The van der Waals surface area contributed by atoms with E-state index in [9.17, 15) is 0 Å². The highest BCUT2D eigenvalue weighted by molar-refractivity contribution is 5.49. The van der Waals surface area contributed by atoms with Gasteiger partial charge in [0.2, 0.25) is 0 Å². The Bertz CT molecular complexity index is 589. The average Bonchev–Trinajstić information content (AvgIpc) is 2.46. The fourth-order valence-electron chi connectivity index (χ4n) is 1.94. The first-order valence-electron chi connectivity index (χ1n) is 7.07. The smallest absolute Gasteiger partial charge is 0.138 e. The van der Waals surface area contributed by atoms with Gasteiger partial charge in [0.1, 0.15) is 17.5 Å². The summed E-state index contributed by atoms with van der Waals surface area (Å²) in [6.45, 7) is 7.11. The maximum atomic E-state index is 4.70. The Hall–Kier alpha value is -2.17. The van der Waals surface area contributed by atoms with Crippen molar-refractivity contribution in [3.8, 4) is 0 Å². The summed E-state index contributed by atoms with van der Waals surface area (Å²) < 4.78 is 0. The molecule has 112 valence electrons. The standard InChI is InChI=1S/C16H23N5/c1-16(2,3)15-19-13(17-4)9-14(20-15)21(5)11-12-7-6-8-18-10-12/h6-10H,11H2,1-5H3,(H,17,19,20). The van der Waals surface area contributed by atoms with Crippen molar-refractivity contribution in [2.75, 3.05) is 24.3 Å². The lowest BCUT2D eigenvalue weighted by atomic mass is 9.96. The van der Waals surface area contributed by atoms with E-state index >= 15 is 0 Å². The minimum Gasteiger partial charge on any atom is -0.373 e. The van der Waals surface area contributed by atoms with Crippen molar-refractivity contribution >= 4 is 11.6 Å². The maximum Gasteiger partial charge on any atom is 0.138 e. The van der Waals surface area contributed by atoms with Gasteiger partial charge in [-0.3, -0.25) is 4.98 Å². The monoisotopic (exact) mass is 285 g/mol. The zero-order chi connectivity index (χ0) is 15.5. The van der Waals surface area contributed by atoms with E-state index in [1.54, 1.807) is 6.20 Å². The molecule has 0 saturated carbocycles. The number of nitrogens with zero attached hydrogens (tertiary/aromatic N) is 4. The maximum absolute atomic E-state index is 4.70. The molecule has 0 aliphatic heterocycles. The van der Waals surface area contributed by atoms with Crippen molar-refractivity contribution in [1.29, 1.82) is 0 Å². The summed E-state index contributed by atoms with van der Waals surface area (Å²) in [5.41, 5.74) is 1.07. The van der Waals surface area contributed by atoms with Crippen molar-refractivity contribution in [1.82, 2.24) is 15.0 Å². The van der Waals surface area contributed by atoms with Crippen molar-refractivity contribution in [3.05, 3.63) is 42.0 Å². The van der Waals surface area contributed by atoms with E-state index < -0.39 is 0 Å². The van der Waals surface area contributed by atoms with Crippen molar-refractivity contribution < 1.29 is 0 Å². The zero-order valence-corrected chi connectivity index (χ0v) is 13.4. The molecule has 0 radical (unpaired) electrons. The summed E-state index contributed by atoms with van der Waals surface area (Å²) in [5.74, 6) is 2.58. The first-order chi connectivity index (χ1) is 9.90. The van der Waals surface area contributed by atoms with Crippen LogP contribution < -0.4 is 10.2 Å². The predicted octanol–water partition coefficient (Wildman–Crippen LogP) is 2.85. The second-order valence-electron chi connectivity index (χ2n) is 6.15. The van der Waals surface area contributed by atoms with Crippen LogP contribution in [0.1, 0.15) is 32.2 Å². The van der Waals surface area contributed by atoms with Crippen LogP contribution in [0.25, 0.3) is 0 Å². The summed E-state index contributed by atoms with van der Waals surface area (Å²) in [5, 5.41) is 3.11. The van der Waals surface area contributed by atoms with Crippen molar-refractivity contribution in [3.63, 3.8) is 0 Å². The number of aromatic nitrogens is 3. The van der Waals surface area contributed by atoms with Crippen molar-refractivity contribution in [2.45, 2.75) is 32.7 Å². The van der Waals surface area contributed by atoms with Gasteiger partial charge >= 0.3 is 0 Å². The minimum atomic E-state index is -0.0866. The first kappa shape index (κ1) is 15.2. The third-order valence-electron chi connectivity index (χ3n) is 3.17. The fourth-order valence-corrected chi connectivity index (χ4v) is 1.94. The minimum absolute atomic E-state index is 0.0866. The molecule has 0 aliphatic carbocycles. The van der Waals surface area contributed by atoms with E-state index in [1.807, 2.05) is 32.4 Å². The molecule has 21 heavy (non-hydrogen) atoms. The van der Waals surface area contributed by atoms with Crippen LogP contribution in [0.15, 0.2) is 30.6 Å². The molecule has 0 aromatic carbocycles. The van der Waals surface area contributed by atoms with Crippen LogP contribution in [-0.2, 0) is 12.0 Å². The zero-order valence-electron chi connectivity index (χ0n) is 13.4. The molecule has 0 fully saturated rings. The molecule has 5 heteroatoms. The number of anilines is 2. The lowest BCUT2D eigenvalue weighted by molar-refractivity contribution is 0.545. The summed E-state index contributed by atoms with van der Waals surface area (Å²) in [6, 6.07) is 5.97. The molecule has 0 bridgehead atoms. The Kier molecular flexibility index (Phi) is 4.40. The van der Waals surface area contributed by atoms with E-state index in [4.69, 9.17) is 4.98 Å². The fraction of sp³-hybridized carbons (Fsp3) is 0.438. The van der Waals surface area contributed by atoms with E-state index in [-0.39, 0.29) is 5.41 Å². The van der Waals surface area contributed by atoms with Gasteiger partial charge in [0.15, 0.2) is 0 Å². The molecular weight excluding hydrogens is 262 g/mol. The molecule has 5 nitrogen and oxygen atoms in total. The second-order valence-corrected chi connectivity index (χ2v) is 6.15. The second kappa shape index (κ2) is 6.08. The molecule has 2 aromatic heterocycles. The molecule has 2 aromatic rings. The van der Waals surface area contributed by atoms with Gasteiger partial charge in [-0.15, -0.1) is 0 Å². The highest BCUT2D eigenvalue weighted by Gasteiger charge is 2.20. The van der Waals surface area contributed by atoms with E-state index in [0.717, 1.165) is 29.6 Å². The van der Waals surface area contributed by atoms with Gasteiger partial charge in [-0.2, -0.15) is 0 Å². The van der Waals surface area contributed by atoms with Gasteiger partial charge in [0.25, 0.3) is 0 Å². The van der Waals surface area contributed by atoms with Gasteiger partial charge in [0.05, 0.1) is 0 Å². The molecule has 2 heterocycles. The lowest BCUT2D eigenvalue weighted by Crippen LogP contribution is -2.22. The van der Waals surface area contributed by atoms with Gasteiger partial charge in [-0.05, 0) is 11.6 Å². The number of rotatable bonds is 4. The lowest BCUT2D eigenvalue weighted by Gasteiger charge is -2.23. The molecule has 0 saturated heterocycles. The van der Waals surface area contributed by atoms with Crippen LogP contribution in [0.2, 0.25) is 0 Å². The Morgan fingerprint density at radius 1 is 1.24 bits per heavy atom. The molecule has 0 atom stereocenters. The Morgan fingerprint density at radius 2 is 2.00 bits per heavy atom. The quantitative estimate of drug-likeness (QED) is 0.936. The average molecular weight is 285 g/mol. The Balaban J connectivity index is 2.30. The number of hydrogen-bond donors (Lipinski definition) is 1. The highest BCUT2D eigenvalue weighted by Crippen LogP contribution is 2.24. The Morgan fingerprint density at radius 3 is 2.57 bits per heavy atom. The first-order valence-corrected chi connectivity index (χ1v) is 7.07. The molecule has 0 unspecified atom stereocenters. The third kappa shape index (κ3) is 3.90. The van der Waals surface area contributed by atoms with Crippen LogP contribution in [0.5, 0.6) is 0 Å². The molecule has 0 amide bonds. The van der Waals surface area contributed by atoms with Gasteiger partial charge in [-0.1, -0.05) is 26.8 Å². The summed E-state index contributed by atoms with van der Waals surface area (Å²) in [4.78, 5) is 15.5.